The summed E-state index contributed by atoms with van der Waals surface area (Å²) in [5.41, 5.74) is 4.85. The summed E-state index contributed by atoms with van der Waals surface area (Å²) < 4.78 is 11.2. The smallest absolute Gasteiger partial charge is 0.338 e. The molecule has 0 heterocycles. The van der Waals surface area contributed by atoms with Gasteiger partial charge in [0.05, 0.1) is 6.54 Å². The Balaban J connectivity index is 1.84. The number of urea groups is 1. The lowest BCUT2D eigenvalue weighted by atomic mass is 10.3. The fourth-order valence-corrected chi connectivity index (χ4v) is 1.87. The molecule has 2 rings (SSSR count). The van der Waals surface area contributed by atoms with Crippen molar-refractivity contribution in [1.29, 1.82) is 0 Å². The molecule has 0 saturated heterocycles. The number of ether oxygens (including phenoxy) is 2. The molecule has 0 atom stereocenters. The van der Waals surface area contributed by atoms with Gasteiger partial charge in [0.15, 0.2) is 18.1 Å². The van der Waals surface area contributed by atoms with Crippen LogP contribution in [-0.2, 0) is 4.79 Å². The summed E-state index contributed by atoms with van der Waals surface area (Å²) in [4.78, 5) is 22.4. The highest BCUT2D eigenvalue weighted by Crippen LogP contribution is 2.30. The van der Waals surface area contributed by atoms with Gasteiger partial charge in [-0.1, -0.05) is 30.3 Å². The predicted octanol–water partition coefficient (Wildman–Crippen LogP) is 1.74. The van der Waals surface area contributed by atoms with Crippen molar-refractivity contribution in [2.24, 2.45) is 5.73 Å². The lowest BCUT2D eigenvalue weighted by Crippen LogP contribution is -2.40. The lowest BCUT2D eigenvalue weighted by Gasteiger charge is -2.14. The number of carbonyl (C=O) groups excluding carboxylic acids is 2. The highest BCUT2D eigenvalue weighted by molar-refractivity contribution is 5.77. The first-order valence-electron chi connectivity index (χ1n) is 7.53. The van der Waals surface area contributed by atoms with Crippen LogP contribution in [0.15, 0.2) is 54.6 Å². The summed E-state index contributed by atoms with van der Waals surface area (Å²) in [6.07, 6.45) is 0. The van der Waals surface area contributed by atoms with Crippen molar-refractivity contribution in [1.82, 2.24) is 10.4 Å². The number of para-hydroxylation sites is 3. The Bertz CT molecular complexity index is 708. The van der Waals surface area contributed by atoms with Gasteiger partial charge in [0.25, 0.3) is 5.91 Å². The molecule has 0 saturated carbocycles. The van der Waals surface area contributed by atoms with Crippen LogP contribution in [0.4, 0.5) is 4.79 Å². The number of nitrogens with two attached hydrogens (primary N) is 1. The highest BCUT2D eigenvalue weighted by atomic mass is 16.5. The molecule has 0 aliphatic rings. The quantitative estimate of drug-likeness (QED) is 0.498. The Morgan fingerprint density at radius 2 is 1.68 bits per heavy atom. The van der Waals surface area contributed by atoms with Crippen molar-refractivity contribution in [2.45, 2.75) is 0 Å². The Morgan fingerprint density at radius 3 is 2.36 bits per heavy atom. The van der Waals surface area contributed by atoms with Crippen molar-refractivity contribution >= 4 is 11.9 Å². The molecule has 0 aliphatic heterocycles. The molecule has 0 aromatic heterocycles. The number of amides is 3. The van der Waals surface area contributed by atoms with Gasteiger partial charge in [0, 0.05) is 6.54 Å². The summed E-state index contributed by atoms with van der Waals surface area (Å²) >= 11 is 0. The fourth-order valence-electron chi connectivity index (χ4n) is 1.87. The van der Waals surface area contributed by atoms with E-state index in [1.165, 1.54) is 0 Å². The topological polar surface area (TPSA) is 114 Å². The number of rotatable bonds is 8. The number of primary amides is 1. The molecule has 132 valence electrons. The van der Waals surface area contributed by atoms with E-state index in [4.69, 9.17) is 20.4 Å². The van der Waals surface area contributed by atoms with Crippen LogP contribution < -0.4 is 20.5 Å². The van der Waals surface area contributed by atoms with Crippen molar-refractivity contribution in [2.75, 3.05) is 19.7 Å². The van der Waals surface area contributed by atoms with E-state index in [9.17, 15) is 9.59 Å². The van der Waals surface area contributed by atoms with Crippen LogP contribution in [-0.4, -0.2) is 41.9 Å². The van der Waals surface area contributed by atoms with E-state index in [-0.39, 0.29) is 19.7 Å². The molecule has 3 amide bonds. The largest absolute Gasteiger partial charge is 0.480 e. The molecule has 0 fully saturated rings. The standard InChI is InChI=1S/C17H19N3O5/c18-17(22)20(23)11-10-19-16(21)12-24-14-8-4-5-9-15(14)25-13-6-2-1-3-7-13/h1-9,23H,10-12H2,(H2,18,22)(H,19,21). The van der Waals surface area contributed by atoms with Crippen molar-refractivity contribution in [3.63, 3.8) is 0 Å². The van der Waals surface area contributed by atoms with Gasteiger partial charge in [-0.25, -0.2) is 9.86 Å². The second kappa shape index (κ2) is 9.14. The average Bonchev–Trinajstić information content (AvgIpc) is 2.61. The number of nitrogens with zero attached hydrogens (tertiary/aromatic N) is 1. The first-order chi connectivity index (χ1) is 12.1. The molecule has 0 unspecified atom stereocenters. The summed E-state index contributed by atoms with van der Waals surface area (Å²) in [6.45, 7) is -0.310. The Labute approximate surface area is 144 Å². The number of carbonyl (C=O) groups is 2. The highest BCUT2D eigenvalue weighted by Gasteiger charge is 2.09. The third-order valence-electron chi connectivity index (χ3n) is 3.08. The fraction of sp³-hybridized carbons (Fsp3) is 0.176. The number of hydroxylamine groups is 2. The number of hydrogen-bond donors (Lipinski definition) is 3. The van der Waals surface area contributed by atoms with Gasteiger partial charge in [-0.2, -0.15) is 0 Å². The minimum Gasteiger partial charge on any atom is -0.480 e. The molecule has 4 N–H and O–H groups in total. The van der Waals surface area contributed by atoms with Gasteiger partial charge in [-0.05, 0) is 24.3 Å². The van der Waals surface area contributed by atoms with E-state index in [0.717, 1.165) is 0 Å². The summed E-state index contributed by atoms with van der Waals surface area (Å²) in [5.74, 6) is 1.14. The molecule has 8 heteroatoms. The molecule has 0 radical (unpaired) electrons. The third-order valence-corrected chi connectivity index (χ3v) is 3.08. The molecule has 25 heavy (non-hydrogen) atoms. The zero-order valence-corrected chi connectivity index (χ0v) is 13.4. The first kappa shape index (κ1) is 18.1. The van der Waals surface area contributed by atoms with Crippen LogP contribution in [0.5, 0.6) is 17.2 Å². The summed E-state index contributed by atoms with van der Waals surface area (Å²) in [6, 6.07) is 15.2. The van der Waals surface area contributed by atoms with E-state index in [1.54, 1.807) is 24.3 Å². The molecule has 0 bridgehead atoms. The lowest BCUT2D eigenvalue weighted by molar-refractivity contribution is -0.123. The van der Waals surface area contributed by atoms with Crippen LogP contribution in [0, 0.1) is 0 Å². The predicted molar refractivity (Wildman–Crippen MR) is 89.5 cm³/mol. The van der Waals surface area contributed by atoms with Gasteiger partial charge < -0.3 is 20.5 Å². The summed E-state index contributed by atoms with van der Waals surface area (Å²) in [7, 11) is 0. The van der Waals surface area contributed by atoms with Crippen LogP contribution >= 0.6 is 0 Å². The molecule has 2 aromatic rings. The number of nitrogens with one attached hydrogen (secondary N) is 1. The van der Waals surface area contributed by atoms with Crippen molar-refractivity contribution < 1.29 is 24.3 Å². The van der Waals surface area contributed by atoms with Crippen LogP contribution in [0.3, 0.4) is 0 Å². The van der Waals surface area contributed by atoms with E-state index in [0.29, 0.717) is 22.3 Å². The van der Waals surface area contributed by atoms with Gasteiger partial charge in [-0.15, -0.1) is 0 Å². The van der Waals surface area contributed by atoms with Gasteiger partial charge >= 0.3 is 6.03 Å². The Kier molecular flexibility index (Phi) is 6.61. The van der Waals surface area contributed by atoms with E-state index in [2.05, 4.69) is 5.32 Å². The van der Waals surface area contributed by atoms with E-state index >= 15 is 0 Å². The zero-order valence-electron chi connectivity index (χ0n) is 13.4. The normalized spacial score (nSPS) is 9.96. The van der Waals surface area contributed by atoms with Crippen LogP contribution in [0.25, 0.3) is 0 Å². The number of benzene rings is 2. The summed E-state index contributed by atoms with van der Waals surface area (Å²) in [5, 5.41) is 11.9. The molecular weight excluding hydrogens is 326 g/mol. The van der Waals surface area contributed by atoms with E-state index in [1.807, 2.05) is 30.3 Å². The van der Waals surface area contributed by atoms with Crippen molar-refractivity contribution in [3.8, 4) is 17.2 Å². The Morgan fingerprint density at radius 1 is 1.04 bits per heavy atom. The average molecular weight is 345 g/mol. The van der Waals surface area contributed by atoms with Gasteiger partial charge in [0.2, 0.25) is 0 Å². The number of hydrogen-bond acceptors (Lipinski definition) is 5. The molecule has 2 aromatic carbocycles. The maximum absolute atomic E-state index is 11.7. The Hall–Kier alpha value is -3.26. The minimum atomic E-state index is -0.988. The van der Waals surface area contributed by atoms with Gasteiger partial charge in [0.1, 0.15) is 5.75 Å². The molecule has 0 spiro atoms. The minimum absolute atomic E-state index is 0.0454. The van der Waals surface area contributed by atoms with Crippen LogP contribution in [0.2, 0.25) is 0 Å². The maximum atomic E-state index is 11.7. The van der Waals surface area contributed by atoms with E-state index < -0.39 is 11.9 Å². The second-order valence-corrected chi connectivity index (χ2v) is 4.96. The van der Waals surface area contributed by atoms with Gasteiger partial charge in [-0.3, -0.25) is 10.0 Å². The monoisotopic (exact) mass is 345 g/mol. The molecular formula is C17H19N3O5. The second-order valence-electron chi connectivity index (χ2n) is 4.96. The van der Waals surface area contributed by atoms with Crippen LogP contribution in [0.1, 0.15) is 0 Å². The first-order valence-corrected chi connectivity index (χ1v) is 7.53. The molecule has 8 nitrogen and oxygen atoms in total. The zero-order chi connectivity index (χ0) is 18.1. The molecule has 0 aliphatic carbocycles. The third kappa shape index (κ3) is 6.04. The SMILES string of the molecule is NC(=O)N(O)CCNC(=O)COc1ccccc1Oc1ccccc1. The maximum Gasteiger partial charge on any atom is 0.338 e. The van der Waals surface area contributed by atoms with Crippen molar-refractivity contribution in [3.05, 3.63) is 54.6 Å².